The Morgan fingerprint density at radius 1 is 1.25 bits per heavy atom. The molecule has 0 N–H and O–H groups in total. The minimum Gasteiger partial charge on any atom is -0.213 e. The average molecular weight is 291 g/mol. The van der Waals surface area contributed by atoms with Crippen LogP contribution in [0.2, 0.25) is 0 Å². The number of aromatic nitrogens is 1. The molecule has 0 amide bonds. The van der Waals surface area contributed by atoms with Crippen LogP contribution in [0.4, 0.5) is 17.6 Å². The number of hydrogen-bond donors (Lipinski definition) is 0. The molecule has 0 aliphatic rings. The largest absolute Gasteiger partial charge is 0.420 e. The molecular weight excluding hydrogens is 289 g/mol. The quantitative estimate of drug-likeness (QED) is 0.407. The molecule has 0 fully saturated rings. The van der Waals surface area contributed by atoms with E-state index < -0.39 is 17.7 Å². The molecule has 1 nitrogen and oxygen atoms in total. The maximum absolute atomic E-state index is 12.5. The summed E-state index contributed by atoms with van der Waals surface area (Å²) in [6.07, 6.45) is -4.67. The molecule has 66 valence electrons. The number of rotatable bonds is 0. The van der Waals surface area contributed by atoms with Crippen LogP contribution in [-0.2, 0) is 6.18 Å². The van der Waals surface area contributed by atoms with Gasteiger partial charge in [0.15, 0.2) is 0 Å². The molecule has 6 heteroatoms. The lowest BCUT2D eigenvalue weighted by Crippen LogP contribution is -2.09. The van der Waals surface area contributed by atoms with E-state index in [4.69, 9.17) is 0 Å². The Balaban J connectivity index is 3.19. The van der Waals surface area contributed by atoms with Crippen LogP contribution in [-0.4, -0.2) is 4.98 Å². The predicted molar refractivity (Wildman–Crippen MR) is 41.9 cm³/mol. The topological polar surface area (TPSA) is 12.9 Å². The molecule has 0 saturated carbocycles. The SMILES string of the molecule is Fc1nc(I)ccc1C(F)(F)F. The first-order valence-corrected chi connectivity index (χ1v) is 3.88. The van der Waals surface area contributed by atoms with E-state index in [1.165, 1.54) is 0 Å². The molecule has 0 aliphatic carbocycles. The maximum atomic E-state index is 12.5. The molecule has 1 aromatic heterocycles. The zero-order valence-electron chi connectivity index (χ0n) is 5.49. The molecule has 0 aromatic carbocycles. The van der Waals surface area contributed by atoms with Crippen LogP contribution in [0.25, 0.3) is 0 Å². The van der Waals surface area contributed by atoms with Gasteiger partial charge in [0.2, 0.25) is 5.95 Å². The summed E-state index contributed by atoms with van der Waals surface area (Å²) in [6.45, 7) is 0. The van der Waals surface area contributed by atoms with E-state index in [0.29, 0.717) is 6.07 Å². The Bertz CT molecular complexity index is 296. The molecule has 1 heterocycles. The Morgan fingerprint density at radius 3 is 2.25 bits per heavy atom. The Labute approximate surface area is 78.9 Å². The van der Waals surface area contributed by atoms with E-state index in [9.17, 15) is 17.6 Å². The Hall–Kier alpha value is -0.400. The molecule has 0 unspecified atom stereocenters. The van der Waals surface area contributed by atoms with Crippen LogP contribution in [0.15, 0.2) is 12.1 Å². The van der Waals surface area contributed by atoms with Crippen molar-refractivity contribution in [2.45, 2.75) is 6.18 Å². The van der Waals surface area contributed by atoms with Gasteiger partial charge in [-0.2, -0.15) is 17.6 Å². The zero-order chi connectivity index (χ0) is 9.35. The summed E-state index contributed by atoms with van der Waals surface area (Å²) in [4.78, 5) is 3.04. The van der Waals surface area contributed by atoms with E-state index in [-0.39, 0.29) is 3.70 Å². The van der Waals surface area contributed by atoms with Crippen LogP contribution >= 0.6 is 22.6 Å². The normalized spacial score (nSPS) is 11.8. The van der Waals surface area contributed by atoms with Crippen molar-refractivity contribution in [2.24, 2.45) is 0 Å². The number of pyridine rings is 1. The summed E-state index contributed by atoms with van der Waals surface area (Å²) in [6, 6.07) is 1.77. The third-order valence-electron chi connectivity index (χ3n) is 1.12. The average Bonchev–Trinajstić information content (AvgIpc) is 1.83. The first-order chi connectivity index (χ1) is 5.41. The van der Waals surface area contributed by atoms with Crippen LogP contribution in [0.5, 0.6) is 0 Å². The molecule has 1 rings (SSSR count). The smallest absolute Gasteiger partial charge is 0.213 e. The Kier molecular flexibility index (Phi) is 2.55. The van der Waals surface area contributed by atoms with Gasteiger partial charge in [0.25, 0.3) is 0 Å². The second-order valence-corrected chi connectivity index (χ2v) is 3.08. The number of nitrogens with zero attached hydrogens (tertiary/aromatic N) is 1. The second-order valence-electron chi connectivity index (χ2n) is 1.97. The van der Waals surface area contributed by atoms with Gasteiger partial charge in [-0.15, -0.1) is 0 Å². The highest BCUT2D eigenvalue weighted by molar-refractivity contribution is 14.1. The van der Waals surface area contributed by atoms with Crippen molar-refractivity contribution in [1.29, 1.82) is 0 Å². The Morgan fingerprint density at radius 2 is 1.83 bits per heavy atom. The number of halogens is 5. The van der Waals surface area contributed by atoms with E-state index in [1.807, 2.05) is 0 Å². The fourth-order valence-corrected chi connectivity index (χ4v) is 1.02. The molecule has 0 spiro atoms. The third-order valence-corrected chi connectivity index (χ3v) is 1.72. The van der Waals surface area contributed by atoms with Crippen molar-refractivity contribution in [3.8, 4) is 0 Å². The highest BCUT2D eigenvalue weighted by atomic mass is 127. The molecule has 0 radical (unpaired) electrons. The van der Waals surface area contributed by atoms with Gasteiger partial charge in [-0.05, 0) is 34.7 Å². The zero-order valence-corrected chi connectivity index (χ0v) is 7.65. The van der Waals surface area contributed by atoms with E-state index in [1.54, 1.807) is 22.6 Å². The summed E-state index contributed by atoms with van der Waals surface area (Å²) >= 11 is 1.63. The summed E-state index contributed by atoms with van der Waals surface area (Å²) in [7, 11) is 0. The predicted octanol–water partition coefficient (Wildman–Crippen LogP) is 2.84. The maximum Gasteiger partial charge on any atom is 0.420 e. The molecule has 0 saturated heterocycles. The van der Waals surface area contributed by atoms with Gasteiger partial charge in [-0.1, -0.05) is 0 Å². The molecular formula is C6H2F4IN. The monoisotopic (exact) mass is 291 g/mol. The number of hydrogen-bond acceptors (Lipinski definition) is 1. The molecule has 1 aromatic rings. The van der Waals surface area contributed by atoms with Gasteiger partial charge in [0.1, 0.15) is 9.26 Å². The lowest BCUT2D eigenvalue weighted by atomic mass is 10.3. The molecule has 0 bridgehead atoms. The molecule has 0 atom stereocenters. The lowest BCUT2D eigenvalue weighted by molar-refractivity contribution is -0.140. The van der Waals surface area contributed by atoms with E-state index in [0.717, 1.165) is 6.07 Å². The fourth-order valence-electron chi connectivity index (χ4n) is 0.624. The summed E-state index contributed by atoms with van der Waals surface area (Å²) in [5.41, 5.74) is -1.33. The minimum atomic E-state index is -4.67. The van der Waals surface area contributed by atoms with Gasteiger partial charge in [-0.3, -0.25) is 0 Å². The van der Waals surface area contributed by atoms with Gasteiger partial charge < -0.3 is 0 Å². The van der Waals surface area contributed by atoms with Gasteiger partial charge in [-0.25, -0.2) is 4.98 Å². The minimum absolute atomic E-state index is 0.193. The van der Waals surface area contributed by atoms with Crippen LogP contribution in [0.3, 0.4) is 0 Å². The van der Waals surface area contributed by atoms with Crippen molar-refractivity contribution in [1.82, 2.24) is 4.98 Å². The highest BCUT2D eigenvalue weighted by Crippen LogP contribution is 2.30. The molecule has 12 heavy (non-hydrogen) atoms. The van der Waals surface area contributed by atoms with Crippen molar-refractivity contribution in [3.05, 3.63) is 27.3 Å². The van der Waals surface area contributed by atoms with Crippen molar-refractivity contribution < 1.29 is 17.6 Å². The van der Waals surface area contributed by atoms with Crippen LogP contribution in [0.1, 0.15) is 5.56 Å². The van der Waals surface area contributed by atoms with Gasteiger partial charge in [0.05, 0.1) is 0 Å². The van der Waals surface area contributed by atoms with Crippen molar-refractivity contribution in [3.63, 3.8) is 0 Å². The molecule has 0 aliphatic heterocycles. The van der Waals surface area contributed by atoms with Gasteiger partial charge in [0, 0.05) is 0 Å². The van der Waals surface area contributed by atoms with Crippen LogP contribution in [0, 0.1) is 9.65 Å². The van der Waals surface area contributed by atoms with Crippen molar-refractivity contribution >= 4 is 22.6 Å². The number of alkyl halides is 3. The third kappa shape index (κ3) is 2.05. The van der Waals surface area contributed by atoms with Gasteiger partial charge >= 0.3 is 6.18 Å². The first-order valence-electron chi connectivity index (χ1n) is 2.80. The summed E-state index contributed by atoms with van der Waals surface area (Å²) in [5, 5.41) is 0. The lowest BCUT2D eigenvalue weighted by Gasteiger charge is -2.06. The van der Waals surface area contributed by atoms with Crippen LogP contribution < -0.4 is 0 Å². The summed E-state index contributed by atoms with van der Waals surface area (Å²) in [5.74, 6) is -1.48. The fraction of sp³-hybridized carbons (Fsp3) is 0.167. The standard InChI is InChI=1S/C6H2F4IN/c7-5-3(6(8,9)10)1-2-4(11)12-5/h1-2H. The highest BCUT2D eigenvalue weighted by Gasteiger charge is 2.34. The second kappa shape index (κ2) is 3.15. The van der Waals surface area contributed by atoms with Crippen molar-refractivity contribution in [2.75, 3.05) is 0 Å². The van der Waals surface area contributed by atoms with E-state index >= 15 is 0 Å². The first kappa shape index (κ1) is 9.69. The van der Waals surface area contributed by atoms with E-state index in [2.05, 4.69) is 4.98 Å². The summed E-state index contributed by atoms with van der Waals surface area (Å²) < 4.78 is 48.4.